The molecule has 3 heterocycles. The summed E-state index contributed by atoms with van der Waals surface area (Å²) >= 11 is 1.49. The van der Waals surface area contributed by atoms with Crippen LogP contribution >= 0.6 is 11.3 Å². The van der Waals surface area contributed by atoms with E-state index in [2.05, 4.69) is 20.4 Å². The van der Waals surface area contributed by atoms with Crippen LogP contribution in [-0.2, 0) is 9.59 Å². The maximum atomic E-state index is 12.4. The Kier molecular flexibility index (Phi) is 5.38. The number of hydrogen-bond donors (Lipinski definition) is 1. The Bertz CT molecular complexity index is 650. The van der Waals surface area contributed by atoms with E-state index < -0.39 is 0 Å². The molecule has 0 unspecified atom stereocenters. The van der Waals surface area contributed by atoms with Gasteiger partial charge in [-0.3, -0.25) is 14.5 Å². The molecule has 1 saturated carbocycles. The van der Waals surface area contributed by atoms with Gasteiger partial charge in [-0.15, -0.1) is 10.2 Å². The molecule has 0 aromatic carbocycles. The molecule has 8 heteroatoms. The van der Waals surface area contributed by atoms with Gasteiger partial charge >= 0.3 is 0 Å². The third kappa shape index (κ3) is 3.84. The van der Waals surface area contributed by atoms with Gasteiger partial charge in [0.25, 0.3) is 0 Å². The summed E-state index contributed by atoms with van der Waals surface area (Å²) in [5.41, 5.74) is 0. The highest BCUT2D eigenvalue weighted by atomic mass is 32.1. The van der Waals surface area contributed by atoms with E-state index in [1.807, 2.05) is 0 Å². The Hall–Kier alpha value is -1.70. The number of carbonyl (C=O) groups is 2. The molecule has 2 amide bonds. The minimum absolute atomic E-state index is 0.114. The molecule has 2 saturated heterocycles. The van der Waals surface area contributed by atoms with E-state index in [0.717, 1.165) is 63.3 Å². The Morgan fingerprint density at radius 1 is 0.962 bits per heavy atom. The fourth-order valence-electron chi connectivity index (χ4n) is 4.18. The van der Waals surface area contributed by atoms with Crippen LogP contribution in [0.15, 0.2) is 0 Å². The normalized spacial score (nSPS) is 22.8. The fourth-order valence-corrected chi connectivity index (χ4v) is 5.12. The second-order valence-electron chi connectivity index (χ2n) is 7.62. The van der Waals surface area contributed by atoms with E-state index in [1.165, 1.54) is 24.2 Å². The highest BCUT2D eigenvalue weighted by molar-refractivity contribution is 7.19. The monoisotopic (exact) mass is 377 g/mol. The second-order valence-corrected chi connectivity index (χ2v) is 8.56. The number of nitrogens with one attached hydrogen (secondary N) is 1. The lowest BCUT2D eigenvalue weighted by atomic mass is 9.96. The molecule has 1 N–H and O–H groups in total. The summed E-state index contributed by atoms with van der Waals surface area (Å²) in [5, 5.41) is 13.4. The van der Waals surface area contributed by atoms with Gasteiger partial charge in [-0.2, -0.15) is 0 Å². The van der Waals surface area contributed by atoms with E-state index in [0.29, 0.717) is 17.6 Å². The van der Waals surface area contributed by atoms with E-state index in [4.69, 9.17) is 0 Å². The van der Waals surface area contributed by atoms with Crippen molar-refractivity contribution in [2.75, 3.05) is 29.4 Å². The first-order valence-electron chi connectivity index (χ1n) is 9.90. The standard InChI is InChI=1S/C18H27N5O2S/c24-15-7-3-4-10-23(15)18-21-20-17(26-18)22-11-8-13(9-12-22)16(25)19-14-5-1-2-6-14/h13-14H,1-12H2,(H,19,25). The van der Waals surface area contributed by atoms with Crippen LogP contribution in [0.3, 0.4) is 0 Å². The number of anilines is 2. The van der Waals surface area contributed by atoms with Gasteiger partial charge in [0, 0.05) is 38.0 Å². The number of aromatic nitrogens is 2. The van der Waals surface area contributed by atoms with Gasteiger partial charge in [0.2, 0.25) is 22.1 Å². The molecular formula is C18H27N5O2S. The lowest BCUT2D eigenvalue weighted by molar-refractivity contribution is -0.126. The van der Waals surface area contributed by atoms with Crippen LogP contribution in [0, 0.1) is 5.92 Å². The summed E-state index contributed by atoms with van der Waals surface area (Å²) in [6, 6.07) is 0.397. The number of amides is 2. The van der Waals surface area contributed by atoms with Gasteiger partial charge in [-0.1, -0.05) is 24.2 Å². The molecule has 0 bridgehead atoms. The summed E-state index contributed by atoms with van der Waals surface area (Å²) < 4.78 is 0. The van der Waals surface area contributed by atoms with E-state index in [1.54, 1.807) is 4.90 Å². The lowest BCUT2D eigenvalue weighted by Crippen LogP contribution is -2.43. The summed E-state index contributed by atoms with van der Waals surface area (Å²) in [4.78, 5) is 28.5. The summed E-state index contributed by atoms with van der Waals surface area (Å²) in [6.45, 7) is 2.40. The molecule has 1 aromatic rings. The third-order valence-corrected chi connectivity index (χ3v) is 6.80. The van der Waals surface area contributed by atoms with Crippen molar-refractivity contribution in [1.29, 1.82) is 0 Å². The average Bonchev–Trinajstić information content (AvgIpc) is 3.34. The van der Waals surface area contributed by atoms with Gasteiger partial charge < -0.3 is 10.2 Å². The Balaban J connectivity index is 1.30. The van der Waals surface area contributed by atoms with Crippen molar-refractivity contribution >= 4 is 33.4 Å². The van der Waals surface area contributed by atoms with Crippen LogP contribution in [-0.4, -0.2) is 47.7 Å². The Morgan fingerprint density at radius 3 is 2.42 bits per heavy atom. The van der Waals surface area contributed by atoms with Gasteiger partial charge in [-0.05, 0) is 38.5 Å². The van der Waals surface area contributed by atoms with Crippen LogP contribution in [0.25, 0.3) is 0 Å². The maximum Gasteiger partial charge on any atom is 0.228 e. The van der Waals surface area contributed by atoms with Crippen LogP contribution in [0.1, 0.15) is 57.8 Å². The molecular weight excluding hydrogens is 350 g/mol. The van der Waals surface area contributed by atoms with Crippen molar-refractivity contribution in [1.82, 2.24) is 15.5 Å². The zero-order valence-corrected chi connectivity index (χ0v) is 16.0. The number of nitrogens with zero attached hydrogens (tertiary/aromatic N) is 4. The summed E-state index contributed by atoms with van der Waals surface area (Å²) in [7, 11) is 0. The molecule has 26 heavy (non-hydrogen) atoms. The second kappa shape index (κ2) is 7.90. The van der Waals surface area contributed by atoms with Gasteiger partial charge in [0.15, 0.2) is 0 Å². The quantitative estimate of drug-likeness (QED) is 0.871. The van der Waals surface area contributed by atoms with E-state index >= 15 is 0 Å². The van der Waals surface area contributed by atoms with Crippen LogP contribution in [0.4, 0.5) is 10.3 Å². The van der Waals surface area contributed by atoms with Crippen molar-refractivity contribution in [2.45, 2.75) is 63.8 Å². The van der Waals surface area contributed by atoms with Crippen molar-refractivity contribution < 1.29 is 9.59 Å². The van der Waals surface area contributed by atoms with Crippen LogP contribution in [0.5, 0.6) is 0 Å². The lowest BCUT2D eigenvalue weighted by Gasteiger charge is -2.31. The van der Waals surface area contributed by atoms with Gasteiger partial charge in [0.1, 0.15) is 0 Å². The van der Waals surface area contributed by atoms with Crippen LogP contribution in [0.2, 0.25) is 0 Å². The predicted octanol–water partition coefficient (Wildman–Crippen LogP) is 2.33. The third-order valence-electron chi connectivity index (χ3n) is 5.80. The average molecular weight is 378 g/mol. The molecule has 3 fully saturated rings. The zero-order chi connectivity index (χ0) is 17.9. The molecule has 0 radical (unpaired) electrons. The topological polar surface area (TPSA) is 78.4 Å². The van der Waals surface area contributed by atoms with Gasteiger partial charge in [-0.25, -0.2) is 0 Å². The first-order valence-corrected chi connectivity index (χ1v) is 10.7. The number of piperidine rings is 2. The molecule has 7 nitrogen and oxygen atoms in total. The zero-order valence-electron chi connectivity index (χ0n) is 15.2. The molecule has 2 aliphatic heterocycles. The molecule has 3 aliphatic rings. The molecule has 1 aliphatic carbocycles. The first-order chi connectivity index (χ1) is 12.7. The molecule has 1 aromatic heterocycles. The predicted molar refractivity (Wildman–Crippen MR) is 101 cm³/mol. The highest BCUT2D eigenvalue weighted by Crippen LogP contribution is 2.32. The minimum atomic E-state index is 0.114. The Morgan fingerprint density at radius 2 is 1.69 bits per heavy atom. The Labute approximate surface area is 158 Å². The summed E-state index contributed by atoms with van der Waals surface area (Å²) in [6.07, 6.45) is 9.06. The maximum absolute atomic E-state index is 12.4. The van der Waals surface area contributed by atoms with Crippen molar-refractivity contribution in [3.05, 3.63) is 0 Å². The van der Waals surface area contributed by atoms with Crippen molar-refractivity contribution in [3.63, 3.8) is 0 Å². The van der Waals surface area contributed by atoms with Crippen molar-refractivity contribution in [2.24, 2.45) is 5.92 Å². The van der Waals surface area contributed by atoms with Gasteiger partial charge in [0.05, 0.1) is 0 Å². The number of hydrogen-bond acceptors (Lipinski definition) is 6. The number of rotatable bonds is 4. The minimum Gasteiger partial charge on any atom is -0.353 e. The van der Waals surface area contributed by atoms with E-state index in [9.17, 15) is 9.59 Å². The smallest absolute Gasteiger partial charge is 0.228 e. The molecule has 4 rings (SSSR count). The molecule has 0 spiro atoms. The number of carbonyl (C=O) groups excluding carboxylic acids is 2. The van der Waals surface area contributed by atoms with Crippen LogP contribution < -0.4 is 15.1 Å². The van der Waals surface area contributed by atoms with E-state index in [-0.39, 0.29) is 17.7 Å². The molecule has 0 atom stereocenters. The SMILES string of the molecule is O=C(NC1CCCC1)C1CCN(c2nnc(N3CCCCC3=O)s2)CC1. The first kappa shape index (κ1) is 17.7. The molecule has 142 valence electrons. The largest absolute Gasteiger partial charge is 0.353 e. The fraction of sp³-hybridized carbons (Fsp3) is 0.778. The highest BCUT2D eigenvalue weighted by Gasteiger charge is 2.29. The van der Waals surface area contributed by atoms with Crippen molar-refractivity contribution in [3.8, 4) is 0 Å². The summed E-state index contributed by atoms with van der Waals surface area (Å²) in [5.74, 6) is 0.498.